The lowest BCUT2D eigenvalue weighted by Crippen LogP contribution is -2.14. The first kappa shape index (κ1) is 24.8. The van der Waals surface area contributed by atoms with E-state index in [1.165, 1.54) is 12.8 Å². The molecule has 1 unspecified atom stereocenters. The zero-order valence-electron chi connectivity index (χ0n) is 21.5. The summed E-state index contributed by atoms with van der Waals surface area (Å²) in [6, 6.07) is 13.8. The molecule has 4 aromatic rings. The Morgan fingerprint density at radius 3 is 2.68 bits per heavy atom. The fourth-order valence-electron chi connectivity index (χ4n) is 4.67. The number of aromatic nitrogens is 4. The van der Waals surface area contributed by atoms with Crippen molar-refractivity contribution in [1.29, 1.82) is 5.41 Å². The van der Waals surface area contributed by atoms with Gasteiger partial charge in [0, 0.05) is 0 Å². The van der Waals surface area contributed by atoms with Gasteiger partial charge in [-0.15, -0.1) is 0 Å². The Morgan fingerprint density at radius 1 is 1.05 bits per heavy atom. The van der Waals surface area contributed by atoms with Crippen LogP contribution < -0.4 is 19.7 Å². The van der Waals surface area contributed by atoms with Gasteiger partial charge in [0.05, 0.1) is 39.8 Å². The molecule has 9 nitrogen and oxygen atoms in total. The molecule has 2 aromatic heterocycles. The van der Waals surface area contributed by atoms with Gasteiger partial charge in [-0.3, -0.25) is 5.41 Å². The van der Waals surface area contributed by atoms with Crippen LogP contribution >= 0.6 is 0 Å². The van der Waals surface area contributed by atoms with E-state index in [2.05, 4.69) is 9.97 Å². The predicted octanol–water partition coefficient (Wildman–Crippen LogP) is 4.90. The molecule has 2 aromatic carbocycles. The molecule has 9 heteroatoms. The molecule has 0 spiro atoms. The van der Waals surface area contributed by atoms with E-state index in [-0.39, 0.29) is 17.7 Å². The van der Waals surface area contributed by atoms with Gasteiger partial charge < -0.3 is 28.5 Å². The molecule has 1 saturated carbocycles. The van der Waals surface area contributed by atoms with Crippen LogP contribution in [0, 0.1) is 5.41 Å². The minimum Gasteiger partial charge on any atom is -0.497 e. The number of nitrogens with zero attached hydrogens (tertiary/aromatic N) is 3. The molecule has 0 aliphatic heterocycles. The Bertz CT molecular complexity index is 1420. The standard InChI is InChI=1S/C28H33N5O4/c1-18(36-16-20-7-6-10-22(13-20)34-2)27-31-25-26(29)30-17-33(28(25)32-27)15-19-11-12-23(35-3)24(14-19)37-21-8-4-5-9-21/h6-7,10-14,17-18,21,29H,4-5,8-9,15-16H2,1-3H3,(H,31,32). The molecule has 0 saturated heterocycles. The number of benzene rings is 2. The van der Waals surface area contributed by atoms with Gasteiger partial charge in [-0.25, -0.2) is 9.97 Å². The summed E-state index contributed by atoms with van der Waals surface area (Å²) in [6.07, 6.45) is 6.14. The fraction of sp³-hybridized carbons (Fsp3) is 0.393. The van der Waals surface area contributed by atoms with Crippen LogP contribution in [-0.2, 0) is 17.9 Å². The summed E-state index contributed by atoms with van der Waals surface area (Å²) in [7, 11) is 3.31. The number of aromatic amines is 1. The first-order valence-electron chi connectivity index (χ1n) is 12.6. The highest BCUT2D eigenvalue weighted by Gasteiger charge is 2.19. The lowest BCUT2D eigenvalue weighted by molar-refractivity contribution is 0.0474. The third-order valence-corrected chi connectivity index (χ3v) is 6.73. The van der Waals surface area contributed by atoms with Crippen LogP contribution in [-0.4, -0.2) is 39.8 Å². The van der Waals surface area contributed by atoms with Crippen LogP contribution in [0.4, 0.5) is 0 Å². The molecular formula is C28H33N5O4. The summed E-state index contributed by atoms with van der Waals surface area (Å²) in [5, 5.41) is 8.30. The lowest BCUT2D eigenvalue weighted by Gasteiger charge is -2.17. The van der Waals surface area contributed by atoms with Crippen LogP contribution in [0.3, 0.4) is 0 Å². The number of hydrogen-bond acceptors (Lipinski definition) is 7. The fourth-order valence-corrected chi connectivity index (χ4v) is 4.67. The molecule has 5 rings (SSSR count). The number of imidazole rings is 1. The van der Waals surface area contributed by atoms with Crippen molar-refractivity contribution in [3.63, 3.8) is 0 Å². The third-order valence-electron chi connectivity index (χ3n) is 6.73. The summed E-state index contributed by atoms with van der Waals surface area (Å²) < 4.78 is 25.1. The molecular weight excluding hydrogens is 470 g/mol. The Balaban J connectivity index is 1.36. The number of fused-ring (bicyclic) bond motifs is 1. The zero-order valence-corrected chi connectivity index (χ0v) is 21.5. The van der Waals surface area contributed by atoms with Crippen molar-refractivity contribution in [3.8, 4) is 17.2 Å². The third kappa shape index (κ3) is 5.61. The zero-order chi connectivity index (χ0) is 25.8. The molecule has 0 radical (unpaired) electrons. The number of rotatable bonds is 10. The quantitative estimate of drug-likeness (QED) is 0.319. The number of methoxy groups -OCH3 is 2. The largest absolute Gasteiger partial charge is 0.497 e. The van der Waals surface area contributed by atoms with Gasteiger partial charge >= 0.3 is 0 Å². The second-order valence-corrected chi connectivity index (χ2v) is 9.36. The molecule has 0 bridgehead atoms. The first-order chi connectivity index (χ1) is 18.0. The van der Waals surface area contributed by atoms with Crippen molar-refractivity contribution in [1.82, 2.24) is 19.5 Å². The van der Waals surface area contributed by atoms with Gasteiger partial charge in [-0.1, -0.05) is 18.2 Å². The molecule has 1 atom stereocenters. The van der Waals surface area contributed by atoms with Crippen molar-refractivity contribution in [2.75, 3.05) is 14.2 Å². The normalized spacial score (nSPS) is 14.7. The van der Waals surface area contributed by atoms with Crippen LogP contribution in [0.25, 0.3) is 11.2 Å². The van der Waals surface area contributed by atoms with Crippen LogP contribution in [0.2, 0.25) is 0 Å². The van der Waals surface area contributed by atoms with Crippen molar-refractivity contribution < 1.29 is 18.9 Å². The maximum atomic E-state index is 8.30. The topological polar surface area (TPSA) is 107 Å². The van der Waals surface area contributed by atoms with E-state index >= 15 is 0 Å². The highest BCUT2D eigenvalue weighted by Crippen LogP contribution is 2.33. The molecule has 194 valence electrons. The number of hydrogen-bond donors (Lipinski definition) is 2. The molecule has 2 N–H and O–H groups in total. The van der Waals surface area contributed by atoms with E-state index in [9.17, 15) is 0 Å². The predicted molar refractivity (Wildman–Crippen MR) is 139 cm³/mol. The highest BCUT2D eigenvalue weighted by molar-refractivity contribution is 5.69. The van der Waals surface area contributed by atoms with Crippen LogP contribution in [0.15, 0.2) is 48.8 Å². The number of H-pyrrole nitrogens is 1. The molecule has 1 aliphatic rings. The SMILES string of the molecule is COc1cccc(COC(C)c2nc3c([nH]2)c(=N)ncn3Cc2ccc(OC)c(OC3CCCC3)c2)c1. The maximum Gasteiger partial charge on any atom is 0.173 e. The first-order valence-corrected chi connectivity index (χ1v) is 12.6. The van der Waals surface area contributed by atoms with Crippen molar-refractivity contribution in [2.24, 2.45) is 0 Å². The van der Waals surface area contributed by atoms with Crippen LogP contribution in [0.5, 0.6) is 17.2 Å². The lowest BCUT2D eigenvalue weighted by atomic mass is 10.2. The summed E-state index contributed by atoms with van der Waals surface area (Å²) in [4.78, 5) is 12.3. The van der Waals surface area contributed by atoms with E-state index in [1.54, 1.807) is 20.5 Å². The minimum absolute atomic E-state index is 0.144. The molecule has 1 aliphatic carbocycles. The smallest absolute Gasteiger partial charge is 0.173 e. The van der Waals surface area contributed by atoms with Crippen molar-refractivity contribution in [3.05, 3.63) is 71.2 Å². The van der Waals surface area contributed by atoms with Crippen molar-refractivity contribution in [2.45, 2.75) is 58.0 Å². The highest BCUT2D eigenvalue weighted by atomic mass is 16.5. The van der Waals surface area contributed by atoms with E-state index in [0.29, 0.717) is 30.1 Å². The molecule has 1 fully saturated rings. The summed E-state index contributed by atoms with van der Waals surface area (Å²) in [6.45, 7) is 2.88. The number of ether oxygens (including phenoxy) is 4. The Kier molecular flexibility index (Phi) is 7.41. The average Bonchev–Trinajstić information content (AvgIpc) is 3.60. The van der Waals surface area contributed by atoms with Gasteiger partial charge in [-0.05, 0) is 68.0 Å². The van der Waals surface area contributed by atoms with Gasteiger partial charge in [0.25, 0.3) is 0 Å². The van der Waals surface area contributed by atoms with Crippen LogP contribution in [0.1, 0.15) is 55.7 Å². The Hall–Kier alpha value is -3.85. The average molecular weight is 504 g/mol. The summed E-state index contributed by atoms with van der Waals surface area (Å²) >= 11 is 0. The summed E-state index contributed by atoms with van der Waals surface area (Å²) in [5.41, 5.74) is 3.41. The van der Waals surface area contributed by atoms with Gasteiger partial charge in [0.1, 0.15) is 23.2 Å². The summed E-state index contributed by atoms with van der Waals surface area (Å²) in [5.74, 6) is 2.93. The van der Waals surface area contributed by atoms with E-state index in [1.807, 2.05) is 54.0 Å². The second kappa shape index (κ2) is 11.0. The Morgan fingerprint density at radius 2 is 1.89 bits per heavy atom. The number of nitrogens with one attached hydrogen (secondary N) is 2. The van der Waals surface area contributed by atoms with E-state index in [4.69, 9.17) is 29.3 Å². The van der Waals surface area contributed by atoms with Gasteiger partial charge in [0.15, 0.2) is 22.6 Å². The second-order valence-electron chi connectivity index (χ2n) is 9.36. The van der Waals surface area contributed by atoms with Gasteiger partial charge in [0.2, 0.25) is 0 Å². The van der Waals surface area contributed by atoms with Crippen molar-refractivity contribution >= 4 is 11.2 Å². The van der Waals surface area contributed by atoms with Gasteiger partial charge in [-0.2, -0.15) is 0 Å². The molecule has 0 amide bonds. The Labute approximate surface area is 215 Å². The van der Waals surface area contributed by atoms with E-state index < -0.39 is 0 Å². The monoisotopic (exact) mass is 503 g/mol. The maximum absolute atomic E-state index is 8.30. The minimum atomic E-state index is -0.307. The molecule has 37 heavy (non-hydrogen) atoms. The molecule has 2 heterocycles. The van der Waals surface area contributed by atoms with E-state index in [0.717, 1.165) is 41.2 Å².